The first-order valence-electron chi connectivity index (χ1n) is 38.0. The second-order valence-electron chi connectivity index (χ2n) is 28.9. The van der Waals surface area contributed by atoms with E-state index in [0.29, 0.717) is 109 Å². The molecule has 19 rings (SSSR count). The van der Waals surface area contributed by atoms with E-state index in [1.807, 2.05) is 115 Å². The number of amides is 2. The Bertz CT molecular complexity index is 5890. The minimum Gasteiger partial charge on any atom is -0.434 e. The maximum atomic E-state index is 12.8. The lowest BCUT2D eigenvalue weighted by Crippen LogP contribution is -2.23. The number of fused-ring (bicyclic) bond motifs is 12. The van der Waals surface area contributed by atoms with E-state index in [1.165, 1.54) is 33.4 Å². The number of ether oxygens (including phenoxy) is 4. The van der Waals surface area contributed by atoms with Gasteiger partial charge < -0.3 is 44.9 Å². The highest BCUT2D eigenvalue weighted by molar-refractivity contribution is 9.10. The van der Waals surface area contributed by atoms with Gasteiger partial charge in [0.25, 0.3) is 16.7 Å². The second kappa shape index (κ2) is 37.3. The second-order valence-corrected chi connectivity index (χ2v) is 30.7. The van der Waals surface area contributed by atoms with Crippen LogP contribution in [0, 0.1) is 53.8 Å². The highest BCUT2D eigenvalue weighted by Gasteiger charge is 2.34. The van der Waals surface area contributed by atoms with Crippen molar-refractivity contribution in [3.63, 3.8) is 0 Å². The minimum absolute atomic E-state index is 0.00105. The number of carbonyl (C=O) groups excluding carboxylic acids is 4. The van der Waals surface area contributed by atoms with Crippen molar-refractivity contribution in [2.24, 2.45) is 29.6 Å². The van der Waals surface area contributed by atoms with Crippen LogP contribution < -0.4 is 27.3 Å². The minimum atomic E-state index is -0.688. The van der Waals surface area contributed by atoms with Crippen LogP contribution in [0.25, 0.3) is 55.0 Å². The number of nitrogens with one attached hydrogen (secondary N) is 2. The molecule has 12 aromatic rings. The number of pyridine rings is 2. The van der Waals surface area contributed by atoms with Crippen LogP contribution in [0.5, 0.6) is 0 Å². The maximum absolute atomic E-state index is 12.8. The fraction of sp³-hybridized carbons (Fsp3) is 0.267. The van der Waals surface area contributed by atoms with Crippen molar-refractivity contribution in [2.45, 2.75) is 63.6 Å². The van der Waals surface area contributed by atoms with Gasteiger partial charge in [0.2, 0.25) is 11.8 Å². The van der Waals surface area contributed by atoms with E-state index in [-0.39, 0.29) is 116 Å². The zero-order chi connectivity index (χ0) is 80.8. The van der Waals surface area contributed by atoms with Gasteiger partial charge in [-0.05, 0) is 129 Å². The van der Waals surface area contributed by atoms with Crippen molar-refractivity contribution in [3.05, 3.63) is 297 Å². The molecule has 7 aliphatic rings. The molecule has 26 heteroatoms. The topological polar surface area (TPSA) is 320 Å². The number of aliphatic hydroxyl groups excluding tert-OH is 3. The van der Waals surface area contributed by atoms with Gasteiger partial charge in [-0.1, -0.05) is 153 Å². The summed E-state index contributed by atoms with van der Waals surface area (Å²) in [6, 6.07) is 60.2. The summed E-state index contributed by atoms with van der Waals surface area (Å²) < 4.78 is 28.3. The SMILES string of the molecule is C#Cc1ccccn1.O=C(OCC1Cc2nc3cc(Br)ccc3c(=O)n2C1)OCC1c2ccccc2-c2ccccc21.O=C1CC(CO)CN1.O=C1CC(COC(=O)OCC2c3ccccc3-c3ccccc32)CN1.O=c1c2ccc(Br)cc2nc2n1CC(CO)C2.O=c1c2ccc(C#Cc3ccccn3)cc2nc2n1CC(CO)C2. The molecule has 5 unspecified atom stereocenters. The largest absolute Gasteiger partial charge is 0.508 e. The molecular formula is C90H80Br2N10O14. The van der Waals surface area contributed by atoms with E-state index in [4.69, 9.17) is 35.6 Å². The Labute approximate surface area is 683 Å². The van der Waals surface area contributed by atoms with Gasteiger partial charge in [-0.25, -0.2) is 34.5 Å². The lowest BCUT2D eigenvalue weighted by molar-refractivity contribution is -0.120. The van der Waals surface area contributed by atoms with Gasteiger partial charge in [-0.3, -0.25) is 37.7 Å². The maximum Gasteiger partial charge on any atom is 0.508 e. The molecular weight excluding hydrogens is 1600 g/mol. The first-order valence-corrected chi connectivity index (χ1v) is 39.6. The van der Waals surface area contributed by atoms with Gasteiger partial charge in [0.1, 0.15) is 42.1 Å². The predicted octanol–water partition coefficient (Wildman–Crippen LogP) is 11.2. The number of halogens is 2. The lowest BCUT2D eigenvalue weighted by atomic mass is 9.98. The highest BCUT2D eigenvalue weighted by atomic mass is 79.9. The molecule has 5 N–H and O–H groups in total. The summed E-state index contributed by atoms with van der Waals surface area (Å²) >= 11 is 6.80. The number of hydrogen-bond acceptors (Lipinski definition) is 19. The van der Waals surface area contributed by atoms with Crippen LogP contribution >= 0.6 is 31.9 Å². The Balaban J connectivity index is 0.000000122. The fourth-order valence-corrected chi connectivity index (χ4v) is 15.9. The summed E-state index contributed by atoms with van der Waals surface area (Å²) in [7, 11) is 0. The third-order valence-corrected chi connectivity index (χ3v) is 22.0. The van der Waals surface area contributed by atoms with Crippen molar-refractivity contribution < 1.29 is 53.4 Å². The lowest BCUT2D eigenvalue weighted by Gasteiger charge is -2.15. The number of aliphatic hydroxyl groups is 3. The Hall–Kier alpha value is -12.3. The van der Waals surface area contributed by atoms with Gasteiger partial charge >= 0.3 is 12.3 Å². The zero-order valence-electron chi connectivity index (χ0n) is 62.9. The summed E-state index contributed by atoms with van der Waals surface area (Å²) in [5, 5.41) is 34.1. The van der Waals surface area contributed by atoms with Gasteiger partial charge in [-0.15, -0.1) is 6.42 Å². The van der Waals surface area contributed by atoms with Crippen LogP contribution in [0.15, 0.2) is 224 Å². The molecule has 0 radical (unpaired) electrons. The highest BCUT2D eigenvalue weighted by Crippen LogP contribution is 2.46. The van der Waals surface area contributed by atoms with Crippen molar-refractivity contribution in [1.82, 2.24) is 49.3 Å². The normalized spacial score (nSPS) is 17.2. The zero-order valence-corrected chi connectivity index (χ0v) is 66.0. The van der Waals surface area contributed by atoms with Crippen molar-refractivity contribution in [2.75, 3.05) is 59.3 Å². The van der Waals surface area contributed by atoms with Gasteiger partial charge in [0.15, 0.2) is 0 Å². The number of rotatable bonds is 11. The molecule has 7 aromatic carbocycles. The van der Waals surface area contributed by atoms with Crippen LogP contribution in [0.4, 0.5) is 9.59 Å². The molecule has 5 aliphatic heterocycles. The average molecular weight is 1690 g/mol. The summed E-state index contributed by atoms with van der Waals surface area (Å²) in [5.41, 5.74) is 13.5. The van der Waals surface area contributed by atoms with E-state index in [2.05, 4.69) is 134 Å². The Morgan fingerprint density at radius 1 is 0.422 bits per heavy atom. The van der Waals surface area contributed by atoms with Crippen molar-refractivity contribution in [3.8, 4) is 46.4 Å². The number of nitrogens with zero attached hydrogens (tertiary/aromatic N) is 8. The molecule has 5 aromatic heterocycles. The molecule has 2 aliphatic carbocycles. The Morgan fingerprint density at radius 3 is 1.18 bits per heavy atom. The molecule has 0 saturated carbocycles. The standard InChI is InChI=1S/C27H21BrN2O4.C20H19NO4.C19H15N3O2.C12H11BrN2O2.C7H5N.C5H9NO2/c28-17-9-10-22-24(12-17)29-25-11-16(13-30(25)26(22)31)14-33-27(32)34-15-23-20-7-3-1-5-18(20)19-6-2-4-8-21(19)23;22-19-9-13(10-21-19)11-24-20(23)25-12-18-16-7-3-1-5-14(16)15-6-2-4-8-17(15)18;23-12-14-10-18-21-17-9-13(4-6-15-3-1-2-8-20-15)5-7-16(17)19(24)22(18)11-14;13-8-1-2-9-10(4-8)14-11-3-7(6-16)5-15(11)12(9)17;1-2-7-5-3-4-6-8-7;7-3-4-1-5(8)6-2-4/h1-10,12,16,23H,11,13-15H2;1-8,13,18H,9-12H2,(H,21,22);1-3,5,7-9,14,23H,10-12H2;1-2,4,7,16H,3,5-6H2;1,3-6H;4,7H,1-3H2,(H,6,8). The van der Waals surface area contributed by atoms with Gasteiger partial charge in [-0.2, -0.15) is 0 Å². The van der Waals surface area contributed by atoms with Gasteiger partial charge in [0, 0.05) is 153 Å². The van der Waals surface area contributed by atoms with Crippen molar-refractivity contribution in [1.29, 1.82) is 0 Å². The molecule has 588 valence electrons. The molecule has 2 saturated heterocycles. The molecule has 0 spiro atoms. The van der Waals surface area contributed by atoms with Gasteiger partial charge in [0.05, 0.1) is 45.9 Å². The summed E-state index contributed by atoms with van der Waals surface area (Å²) in [6.07, 6.45) is 9.83. The third kappa shape index (κ3) is 18.9. The predicted molar refractivity (Wildman–Crippen MR) is 443 cm³/mol. The van der Waals surface area contributed by atoms with Crippen LogP contribution in [0.1, 0.15) is 81.4 Å². The van der Waals surface area contributed by atoms with E-state index < -0.39 is 12.3 Å². The van der Waals surface area contributed by atoms with E-state index in [0.717, 1.165) is 43.1 Å². The number of hydrogen-bond donors (Lipinski definition) is 5. The smallest absolute Gasteiger partial charge is 0.434 e. The van der Waals surface area contributed by atoms with E-state index in [9.17, 15) is 38.7 Å². The average Bonchev–Trinajstić information content (AvgIpc) is 1.61. The molecule has 2 fully saturated rings. The first kappa shape index (κ1) is 80.3. The van der Waals surface area contributed by atoms with Crippen LogP contribution in [0.3, 0.4) is 0 Å². The Kier molecular flexibility index (Phi) is 25.8. The quantitative estimate of drug-likeness (QED) is 0.0593. The van der Waals surface area contributed by atoms with Crippen LogP contribution in [-0.2, 0) is 67.4 Å². The molecule has 5 atom stereocenters. The fourth-order valence-electron chi connectivity index (χ4n) is 15.2. The van der Waals surface area contributed by atoms with Crippen LogP contribution in [0.2, 0.25) is 0 Å². The molecule has 24 nitrogen and oxygen atoms in total. The number of aromatic nitrogens is 8. The molecule has 2 amide bonds. The van der Waals surface area contributed by atoms with Crippen molar-refractivity contribution >= 4 is 88.7 Å². The molecule has 10 heterocycles. The number of carbonyl (C=O) groups is 4. The Morgan fingerprint density at radius 2 is 0.793 bits per heavy atom. The third-order valence-electron chi connectivity index (χ3n) is 21.0. The monoisotopic (exact) mass is 1680 g/mol. The number of terminal acetylenes is 1. The van der Waals surface area contributed by atoms with Crippen LogP contribution in [-0.4, -0.2) is 137 Å². The first-order chi connectivity index (χ1) is 56.5. The molecule has 0 bridgehead atoms. The van der Waals surface area contributed by atoms with E-state index in [1.54, 1.807) is 50.4 Å². The summed E-state index contributed by atoms with van der Waals surface area (Å²) in [4.78, 5) is 105. The molecule has 116 heavy (non-hydrogen) atoms. The summed E-state index contributed by atoms with van der Waals surface area (Å²) in [6.45, 7) is 3.93. The number of benzene rings is 7. The van der Waals surface area contributed by atoms with E-state index >= 15 is 0 Å². The summed E-state index contributed by atoms with van der Waals surface area (Å²) in [5.74, 6) is 11.2.